The molecule has 0 radical (unpaired) electrons. The van der Waals surface area contributed by atoms with Crippen molar-refractivity contribution in [3.63, 3.8) is 0 Å². The van der Waals surface area contributed by atoms with Crippen molar-refractivity contribution < 1.29 is 9.84 Å². The topological polar surface area (TPSA) is 53.5 Å². The van der Waals surface area contributed by atoms with Crippen LogP contribution in [0.1, 0.15) is 46.0 Å². The van der Waals surface area contributed by atoms with E-state index in [-0.39, 0.29) is 18.8 Å². The fourth-order valence-corrected chi connectivity index (χ4v) is 3.29. The van der Waals surface area contributed by atoms with Gasteiger partial charge in [0.2, 0.25) is 0 Å². The van der Waals surface area contributed by atoms with Gasteiger partial charge in [-0.3, -0.25) is 0 Å². The number of hydrogen-bond acceptors (Lipinski definition) is 4. The Morgan fingerprint density at radius 1 is 1.26 bits per heavy atom. The average molecular weight is 341 g/mol. The minimum atomic E-state index is -0.0165. The third-order valence-corrected chi connectivity index (χ3v) is 4.51. The molecule has 5 heteroatoms. The molecule has 4 nitrogen and oxygen atoms in total. The van der Waals surface area contributed by atoms with Gasteiger partial charge in [0.25, 0.3) is 0 Å². The lowest BCUT2D eigenvalue weighted by molar-refractivity contribution is 0.201. The fourth-order valence-electron chi connectivity index (χ4n) is 3.06. The van der Waals surface area contributed by atoms with Crippen LogP contribution in [0.15, 0.2) is 18.2 Å². The Balaban J connectivity index is 1.85. The van der Waals surface area contributed by atoms with E-state index in [1.165, 1.54) is 32.1 Å². The van der Waals surface area contributed by atoms with Gasteiger partial charge in [-0.1, -0.05) is 30.9 Å². The van der Waals surface area contributed by atoms with E-state index in [0.717, 1.165) is 12.2 Å². The molecule has 3 N–H and O–H groups in total. The lowest BCUT2D eigenvalue weighted by Crippen LogP contribution is -2.50. The molecule has 1 saturated carbocycles. The number of aliphatic hydroxyl groups excluding tert-OH is 1. The summed E-state index contributed by atoms with van der Waals surface area (Å²) in [5.74, 6) is 0.603. The molecule has 0 unspecified atom stereocenters. The molecule has 1 aromatic carbocycles. The zero-order valence-corrected chi connectivity index (χ0v) is 15.0. The van der Waals surface area contributed by atoms with Crippen molar-refractivity contribution >= 4 is 17.3 Å². The van der Waals surface area contributed by atoms with E-state index >= 15 is 0 Å². The molecule has 0 heterocycles. The Morgan fingerprint density at radius 3 is 2.65 bits per heavy atom. The summed E-state index contributed by atoms with van der Waals surface area (Å²) < 4.78 is 5.36. The molecule has 130 valence electrons. The minimum Gasteiger partial charge on any atom is -0.490 e. The first-order chi connectivity index (χ1) is 11.0. The highest BCUT2D eigenvalue weighted by atomic mass is 35.5. The number of halogens is 1. The van der Waals surface area contributed by atoms with Gasteiger partial charge in [-0.05, 0) is 44.9 Å². The Hall–Kier alpha value is -0.970. The molecule has 23 heavy (non-hydrogen) atoms. The van der Waals surface area contributed by atoms with Crippen molar-refractivity contribution in [2.45, 2.75) is 57.5 Å². The summed E-state index contributed by atoms with van der Waals surface area (Å²) in [4.78, 5) is 0. The number of rotatable bonds is 8. The molecule has 0 aliphatic heterocycles. The molecule has 0 bridgehead atoms. The second-order valence-electron chi connectivity index (χ2n) is 6.93. The van der Waals surface area contributed by atoms with E-state index in [1.807, 2.05) is 18.2 Å². The van der Waals surface area contributed by atoms with Crippen LogP contribution in [-0.2, 0) is 0 Å². The number of nitrogens with one attached hydrogen (secondary N) is 2. The highest BCUT2D eigenvalue weighted by Gasteiger charge is 2.23. The molecule has 1 aromatic rings. The summed E-state index contributed by atoms with van der Waals surface area (Å²) in [5, 5.41) is 16.6. The highest BCUT2D eigenvalue weighted by Crippen LogP contribution is 2.28. The molecule has 1 aliphatic rings. The van der Waals surface area contributed by atoms with Crippen LogP contribution >= 0.6 is 11.6 Å². The molecular weight excluding hydrogens is 312 g/mol. The Morgan fingerprint density at radius 2 is 2.00 bits per heavy atom. The van der Waals surface area contributed by atoms with Crippen LogP contribution in [0.4, 0.5) is 5.69 Å². The van der Waals surface area contributed by atoms with Gasteiger partial charge < -0.3 is 20.5 Å². The second kappa shape index (κ2) is 8.76. The Kier molecular flexibility index (Phi) is 7.00. The molecule has 1 fully saturated rings. The van der Waals surface area contributed by atoms with E-state index in [1.54, 1.807) is 0 Å². The summed E-state index contributed by atoms with van der Waals surface area (Å²) in [6, 6.07) is 6.29. The van der Waals surface area contributed by atoms with Gasteiger partial charge in [0.05, 0.1) is 11.6 Å². The summed E-state index contributed by atoms with van der Waals surface area (Å²) in [7, 11) is 0. The van der Waals surface area contributed by atoms with E-state index in [2.05, 4.69) is 24.5 Å². The fraction of sp³-hybridized carbons (Fsp3) is 0.667. The van der Waals surface area contributed by atoms with Crippen molar-refractivity contribution in [1.29, 1.82) is 0 Å². The summed E-state index contributed by atoms with van der Waals surface area (Å²) >= 11 is 6.21. The van der Waals surface area contributed by atoms with Crippen molar-refractivity contribution in [2.24, 2.45) is 0 Å². The van der Waals surface area contributed by atoms with Crippen LogP contribution in [0.25, 0.3) is 0 Å². The maximum Gasteiger partial charge on any atom is 0.138 e. The van der Waals surface area contributed by atoms with E-state index in [4.69, 9.17) is 21.4 Å². The molecule has 0 aromatic heterocycles. The van der Waals surface area contributed by atoms with Crippen LogP contribution < -0.4 is 15.4 Å². The van der Waals surface area contributed by atoms with Crippen molar-refractivity contribution in [2.75, 3.05) is 25.1 Å². The first kappa shape index (κ1) is 18.4. The third kappa shape index (κ3) is 6.21. The van der Waals surface area contributed by atoms with Gasteiger partial charge in [-0.25, -0.2) is 0 Å². The lowest BCUT2D eigenvalue weighted by atomic mass is 9.92. The van der Waals surface area contributed by atoms with Crippen LogP contribution in [0.5, 0.6) is 5.75 Å². The average Bonchev–Trinajstić information content (AvgIpc) is 2.53. The van der Waals surface area contributed by atoms with Crippen LogP contribution in [0, 0.1) is 0 Å². The van der Waals surface area contributed by atoms with Crippen molar-refractivity contribution in [3.05, 3.63) is 23.2 Å². The third-order valence-electron chi connectivity index (χ3n) is 4.22. The standard InChI is InChI=1S/C18H29ClN2O2/c1-18(2,21-14-6-4-3-5-7-14)13-20-15-8-9-17(16(19)12-15)23-11-10-22/h8-9,12,14,20-22H,3-7,10-11,13H2,1-2H3. The van der Waals surface area contributed by atoms with Gasteiger partial charge in [0, 0.05) is 23.8 Å². The predicted molar refractivity (Wildman–Crippen MR) is 96.6 cm³/mol. The van der Waals surface area contributed by atoms with E-state index in [0.29, 0.717) is 16.8 Å². The van der Waals surface area contributed by atoms with Crippen molar-refractivity contribution in [3.8, 4) is 5.75 Å². The summed E-state index contributed by atoms with van der Waals surface area (Å²) in [6.07, 6.45) is 6.62. The van der Waals surface area contributed by atoms with Gasteiger partial charge >= 0.3 is 0 Å². The number of ether oxygens (including phenoxy) is 1. The monoisotopic (exact) mass is 340 g/mol. The Bertz CT molecular complexity index is 488. The highest BCUT2D eigenvalue weighted by molar-refractivity contribution is 6.32. The number of benzene rings is 1. The van der Waals surface area contributed by atoms with Gasteiger partial charge in [0.15, 0.2) is 0 Å². The molecule has 0 spiro atoms. The zero-order valence-electron chi connectivity index (χ0n) is 14.2. The largest absolute Gasteiger partial charge is 0.490 e. The van der Waals surface area contributed by atoms with E-state index < -0.39 is 0 Å². The summed E-state index contributed by atoms with van der Waals surface area (Å²) in [5.41, 5.74) is 1.01. The van der Waals surface area contributed by atoms with Crippen LogP contribution in [0.3, 0.4) is 0 Å². The molecular formula is C18H29ClN2O2. The van der Waals surface area contributed by atoms with Crippen LogP contribution in [-0.4, -0.2) is 36.4 Å². The molecule has 0 atom stereocenters. The van der Waals surface area contributed by atoms with Crippen LogP contribution in [0.2, 0.25) is 5.02 Å². The molecule has 1 aliphatic carbocycles. The SMILES string of the molecule is CC(C)(CNc1ccc(OCCO)c(Cl)c1)NC1CCCCC1. The number of aliphatic hydroxyl groups is 1. The predicted octanol–water partition coefficient (Wildman–Crippen LogP) is 3.82. The van der Waals surface area contributed by atoms with Crippen molar-refractivity contribution in [1.82, 2.24) is 5.32 Å². The smallest absolute Gasteiger partial charge is 0.138 e. The summed E-state index contributed by atoms with van der Waals surface area (Å²) in [6.45, 7) is 5.53. The quantitative estimate of drug-likeness (QED) is 0.673. The zero-order chi connectivity index (χ0) is 16.7. The molecule has 0 amide bonds. The maximum absolute atomic E-state index is 8.79. The first-order valence-electron chi connectivity index (χ1n) is 8.55. The van der Waals surface area contributed by atoms with Gasteiger partial charge in [-0.15, -0.1) is 0 Å². The first-order valence-corrected chi connectivity index (χ1v) is 8.93. The van der Waals surface area contributed by atoms with Gasteiger partial charge in [-0.2, -0.15) is 0 Å². The normalized spacial score (nSPS) is 16.3. The number of anilines is 1. The Labute approximate surface area is 144 Å². The lowest BCUT2D eigenvalue weighted by Gasteiger charge is -2.34. The second-order valence-corrected chi connectivity index (χ2v) is 7.34. The van der Waals surface area contributed by atoms with Gasteiger partial charge in [0.1, 0.15) is 12.4 Å². The molecule has 0 saturated heterocycles. The number of hydrogen-bond donors (Lipinski definition) is 3. The molecule has 2 rings (SSSR count). The maximum atomic E-state index is 8.79. The minimum absolute atomic E-state index is 0.0165. The van der Waals surface area contributed by atoms with E-state index in [9.17, 15) is 0 Å².